The van der Waals surface area contributed by atoms with Crippen LogP contribution in [-0.4, -0.2) is 40.9 Å². The van der Waals surface area contributed by atoms with Gasteiger partial charge in [-0.2, -0.15) is 13.2 Å². The van der Waals surface area contributed by atoms with E-state index in [4.69, 9.17) is 14.7 Å². The molecule has 1 heterocycles. The third-order valence-corrected chi connectivity index (χ3v) is 6.45. The summed E-state index contributed by atoms with van der Waals surface area (Å²) in [6, 6.07) is 10.2. The van der Waals surface area contributed by atoms with E-state index in [9.17, 15) is 18.0 Å². The van der Waals surface area contributed by atoms with Gasteiger partial charge in [-0.3, -0.25) is 9.69 Å². The molecule has 1 aliphatic heterocycles. The normalized spacial score (nSPS) is 18.9. The van der Waals surface area contributed by atoms with Crippen molar-refractivity contribution >= 4 is 11.7 Å². The van der Waals surface area contributed by atoms with Crippen molar-refractivity contribution in [2.75, 3.05) is 13.1 Å². The first-order chi connectivity index (χ1) is 16.5. The Kier molecular flexibility index (Phi) is 7.07. The number of halogens is 3. The molecule has 2 aromatic rings. The number of rotatable bonds is 8. The van der Waals surface area contributed by atoms with E-state index in [1.165, 1.54) is 23.3 Å². The van der Waals surface area contributed by atoms with Gasteiger partial charge in [0.2, 0.25) is 0 Å². The van der Waals surface area contributed by atoms with Crippen molar-refractivity contribution in [1.82, 2.24) is 4.90 Å². The van der Waals surface area contributed by atoms with Gasteiger partial charge in [-0.1, -0.05) is 23.4 Å². The van der Waals surface area contributed by atoms with E-state index >= 15 is 0 Å². The number of oxime groups is 1. The lowest BCUT2D eigenvalue weighted by Crippen LogP contribution is -2.51. The van der Waals surface area contributed by atoms with Gasteiger partial charge in [-0.15, -0.1) is 0 Å². The monoisotopic (exact) mass is 490 g/mol. The van der Waals surface area contributed by atoms with Crippen molar-refractivity contribution in [2.24, 2.45) is 11.1 Å². The fraction of sp³-hybridized carbons (Fsp3) is 0.462. The van der Waals surface area contributed by atoms with Gasteiger partial charge in [-0.05, 0) is 74.1 Å². The molecule has 188 valence electrons. The summed E-state index contributed by atoms with van der Waals surface area (Å²) >= 11 is 0. The first kappa shape index (κ1) is 25.0. The molecule has 6 nitrogen and oxygen atoms in total. The van der Waals surface area contributed by atoms with Gasteiger partial charge < -0.3 is 14.7 Å². The molecule has 0 saturated carbocycles. The Bertz CT molecular complexity index is 1120. The maximum absolute atomic E-state index is 13.4. The summed E-state index contributed by atoms with van der Waals surface area (Å²) in [7, 11) is 0. The van der Waals surface area contributed by atoms with Crippen LogP contribution >= 0.6 is 0 Å². The second kappa shape index (κ2) is 9.89. The highest BCUT2D eigenvalue weighted by atomic mass is 19.4. The Labute approximate surface area is 202 Å². The summed E-state index contributed by atoms with van der Waals surface area (Å²) in [4.78, 5) is 18.7. The molecule has 1 aliphatic carbocycles. The van der Waals surface area contributed by atoms with Crippen molar-refractivity contribution in [3.63, 3.8) is 0 Å². The van der Waals surface area contributed by atoms with E-state index in [2.05, 4.69) is 22.2 Å². The molecular formula is C26H29F3N2O4. The summed E-state index contributed by atoms with van der Waals surface area (Å²) < 4.78 is 45.6. The minimum atomic E-state index is -4.54. The third kappa shape index (κ3) is 5.61. The standard InChI is InChI=1S/C26H29F3N2O4/c1-15(2)35-24-9-4-17(10-22(24)26(27,28)29)14-34-30-16(3)18-5-7-21-19(11-18)6-8-23(21)31-12-20(13-31)25(32)33/h4-5,7,9-11,15,20,23H,6,8,12-14H2,1-3H3,(H,32,33)/b30-16+/t23-/m0/s1. The SMILES string of the molecule is C/C(=N\OCc1ccc(OC(C)C)c(C(F)(F)F)c1)c1ccc2c(c1)CC[C@@H]2N1CC(C(=O)O)C1. The zero-order valence-electron chi connectivity index (χ0n) is 19.9. The third-order valence-electron chi connectivity index (χ3n) is 6.45. The molecule has 1 saturated heterocycles. The Morgan fingerprint density at radius 1 is 1.20 bits per heavy atom. The highest BCUT2D eigenvalue weighted by molar-refractivity contribution is 5.98. The van der Waals surface area contributed by atoms with Crippen LogP contribution in [0.15, 0.2) is 41.6 Å². The number of likely N-dealkylation sites (tertiary alicyclic amines) is 1. The lowest BCUT2D eigenvalue weighted by molar-refractivity contribution is -0.148. The molecule has 1 N–H and O–H groups in total. The predicted octanol–water partition coefficient (Wildman–Crippen LogP) is 5.44. The number of carboxylic acids is 1. The van der Waals surface area contributed by atoms with E-state index in [1.807, 2.05) is 6.07 Å². The fourth-order valence-electron chi connectivity index (χ4n) is 4.62. The van der Waals surface area contributed by atoms with Crippen molar-refractivity contribution in [2.45, 2.75) is 58.5 Å². The second-order valence-corrected chi connectivity index (χ2v) is 9.40. The topological polar surface area (TPSA) is 71.4 Å². The van der Waals surface area contributed by atoms with Gasteiger partial charge in [0.1, 0.15) is 12.4 Å². The van der Waals surface area contributed by atoms with Crippen LogP contribution in [0, 0.1) is 5.92 Å². The second-order valence-electron chi connectivity index (χ2n) is 9.40. The number of benzene rings is 2. The average molecular weight is 491 g/mol. The number of fused-ring (bicyclic) bond motifs is 1. The van der Waals surface area contributed by atoms with E-state index in [0.29, 0.717) is 24.4 Å². The Morgan fingerprint density at radius 2 is 1.94 bits per heavy atom. The van der Waals surface area contributed by atoms with Gasteiger partial charge in [0.15, 0.2) is 0 Å². The number of carboxylic acid groups (broad SMARTS) is 1. The number of aliphatic carboxylic acids is 1. The van der Waals surface area contributed by atoms with E-state index in [1.54, 1.807) is 20.8 Å². The summed E-state index contributed by atoms with van der Waals surface area (Å²) in [6.45, 7) is 6.20. The van der Waals surface area contributed by atoms with Crippen molar-refractivity contribution in [3.05, 3.63) is 64.2 Å². The number of aryl methyl sites for hydroxylation is 1. The predicted molar refractivity (Wildman–Crippen MR) is 124 cm³/mol. The Hall–Kier alpha value is -3.07. The first-order valence-electron chi connectivity index (χ1n) is 11.7. The number of nitrogens with zero attached hydrogens (tertiary/aromatic N) is 2. The molecule has 2 aromatic carbocycles. The number of carbonyl (C=O) groups is 1. The Balaban J connectivity index is 1.40. The van der Waals surface area contributed by atoms with Crippen molar-refractivity contribution < 1.29 is 32.6 Å². The molecule has 2 aliphatic rings. The van der Waals surface area contributed by atoms with Crippen LogP contribution in [0.1, 0.15) is 61.1 Å². The van der Waals surface area contributed by atoms with Crippen LogP contribution in [0.25, 0.3) is 0 Å². The van der Waals surface area contributed by atoms with Crippen LogP contribution in [-0.2, 0) is 28.8 Å². The van der Waals surface area contributed by atoms with Crippen LogP contribution in [0.5, 0.6) is 5.75 Å². The molecule has 0 amide bonds. The summed E-state index contributed by atoms with van der Waals surface area (Å²) in [5.74, 6) is -1.23. The van der Waals surface area contributed by atoms with Crippen molar-refractivity contribution in [3.8, 4) is 5.75 Å². The lowest BCUT2D eigenvalue weighted by atomic mass is 9.95. The largest absolute Gasteiger partial charge is 0.490 e. The van der Waals surface area contributed by atoms with E-state index < -0.39 is 17.7 Å². The van der Waals surface area contributed by atoms with Gasteiger partial charge in [0, 0.05) is 19.1 Å². The van der Waals surface area contributed by atoms with Crippen LogP contribution < -0.4 is 4.74 Å². The molecule has 0 radical (unpaired) electrons. The molecule has 0 unspecified atom stereocenters. The molecule has 0 bridgehead atoms. The van der Waals surface area contributed by atoms with Gasteiger partial charge in [0.25, 0.3) is 0 Å². The number of hydrogen-bond acceptors (Lipinski definition) is 5. The maximum Gasteiger partial charge on any atom is 0.419 e. The van der Waals surface area contributed by atoms with Crippen LogP contribution in [0.2, 0.25) is 0 Å². The van der Waals surface area contributed by atoms with Crippen LogP contribution in [0.3, 0.4) is 0 Å². The summed E-state index contributed by atoms with van der Waals surface area (Å²) in [5, 5.41) is 13.2. The molecule has 35 heavy (non-hydrogen) atoms. The molecule has 9 heteroatoms. The maximum atomic E-state index is 13.4. The molecule has 1 fully saturated rings. The highest BCUT2D eigenvalue weighted by Crippen LogP contribution is 2.40. The molecule has 1 atom stereocenters. The number of alkyl halides is 3. The average Bonchev–Trinajstić information content (AvgIpc) is 3.15. The number of hydrogen-bond donors (Lipinski definition) is 1. The minimum Gasteiger partial charge on any atom is -0.490 e. The summed E-state index contributed by atoms with van der Waals surface area (Å²) in [5.41, 5.74) is 3.44. The quantitative estimate of drug-likeness (QED) is 0.394. The first-order valence-corrected chi connectivity index (χ1v) is 11.7. The number of ether oxygens (including phenoxy) is 1. The highest BCUT2D eigenvalue weighted by Gasteiger charge is 2.39. The zero-order chi connectivity index (χ0) is 25.3. The van der Waals surface area contributed by atoms with Gasteiger partial charge in [0.05, 0.1) is 23.3 Å². The summed E-state index contributed by atoms with van der Waals surface area (Å²) in [6.07, 6.45) is -3.05. The zero-order valence-corrected chi connectivity index (χ0v) is 19.9. The fourth-order valence-corrected chi connectivity index (χ4v) is 4.62. The molecule has 4 rings (SSSR count). The molecule has 0 aromatic heterocycles. The smallest absolute Gasteiger partial charge is 0.419 e. The van der Waals surface area contributed by atoms with Crippen molar-refractivity contribution in [1.29, 1.82) is 0 Å². The van der Waals surface area contributed by atoms with E-state index in [0.717, 1.165) is 24.5 Å². The van der Waals surface area contributed by atoms with Gasteiger partial charge in [-0.25, -0.2) is 0 Å². The van der Waals surface area contributed by atoms with Gasteiger partial charge >= 0.3 is 12.1 Å². The molecule has 0 spiro atoms. The minimum absolute atomic E-state index is 0.102. The van der Waals surface area contributed by atoms with E-state index in [-0.39, 0.29) is 30.4 Å². The molecular weight excluding hydrogens is 461 g/mol. The Morgan fingerprint density at radius 3 is 2.60 bits per heavy atom. The lowest BCUT2D eigenvalue weighted by Gasteiger charge is -2.41. The van der Waals surface area contributed by atoms with Crippen LogP contribution in [0.4, 0.5) is 13.2 Å².